The summed E-state index contributed by atoms with van der Waals surface area (Å²) in [5, 5.41) is 9.97. The van der Waals surface area contributed by atoms with Crippen molar-refractivity contribution in [1.82, 2.24) is 0 Å². The molecule has 10 rings (SSSR count). The lowest BCUT2D eigenvalue weighted by atomic mass is 9.79. The van der Waals surface area contributed by atoms with Gasteiger partial charge in [0.05, 0.1) is 0 Å². The van der Waals surface area contributed by atoms with Gasteiger partial charge in [-0.1, -0.05) is 147 Å². The van der Waals surface area contributed by atoms with E-state index in [1.807, 2.05) is 0 Å². The van der Waals surface area contributed by atoms with Gasteiger partial charge in [0.1, 0.15) is 11.2 Å². The zero-order valence-corrected chi connectivity index (χ0v) is 25.8. The van der Waals surface area contributed by atoms with Crippen LogP contribution >= 0.6 is 0 Å². The van der Waals surface area contributed by atoms with Crippen molar-refractivity contribution in [3.63, 3.8) is 0 Å². The topological polar surface area (TPSA) is 13.1 Å². The van der Waals surface area contributed by atoms with Crippen LogP contribution < -0.4 is 0 Å². The Morgan fingerprint density at radius 1 is 0.435 bits per heavy atom. The fourth-order valence-electron chi connectivity index (χ4n) is 8.49. The number of rotatable bonds is 2. The Bertz CT molecular complexity index is 2650. The Morgan fingerprint density at radius 2 is 0.935 bits per heavy atom. The molecule has 0 atom stereocenters. The lowest BCUT2D eigenvalue weighted by Crippen LogP contribution is -2.15. The molecule has 46 heavy (non-hydrogen) atoms. The van der Waals surface area contributed by atoms with E-state index in [9.17, 15) is 0 Å². The van der Waals surface area contributed by atoms with Crippen LogP contribution in [-0.4, -0.2) is 0 Å². The minimum Gasteiger partial charge on any atom is -0.455 e. The molecule has 1 heteroatoms. The second-order valence-electron chi connectivity index (χ2n) is 13.2. The molecule has 0 aliphatic heterocycles. The molecule has 8 aromatic carbocycles. The highest BCUT2D eigenvalue weighted by molar-refractivity contribution is 6.24. The summed E-state index contributed by atoms with van der Waals surface area (Å²) in [6, 6.07) is 53.2. The molecule has 9 aromatic rings. The highest BCUT2D eigenvalue weighted by Gasteiger charge is 2.40. The van der Waals surface area contributed by atoms with Gasteiger partial charge in [-0.2, -0.15) is 0 Å². The third-order valence-corrected chi connectivity index (χ3v) is 10.4. The number of hydrogen-bond donors (Lipinski definition) is 0. The quantitative estimate of drug-likeness (QED) is 0.184. The van der Waals surface area contributed by atoms with E-state index in [-0.39, 0.29) is 5.41 Å². The third kappa shape index (κ3) is 3.30. The van der Waals surface area contributed by atoms with Crippen molar-refractivity contribution in [2.24, 2.45) is 0 Å². The normalized spacial score (nSPS) is 13.6. The minimum atomic E-state index is -0.195. The largest absolute Gasteiger partial charge is 0.455 e. The van der Waals surface area contributed by atoms with Gasteiger partial charge < -0.3 is 4.42 Å². The molecule has 0 unspecified atom stereocenters. The summed E-state index contributed by atoms with van der Waals surface area (Å²) in [4.78, 5) is 0. The van der Waals surface area contributed by atoms with Crippen molar-refractivity contribution in [3.05, 3.63) is 157 Å². The SMILES string of the molecule is CC1(C)c2ccc(-c3c4ccccc4c(-c4ccccc4)c4ccccc34)cc2-c2c1c1c3ccccc3oc1c1ccccc21. The van der Waals surface area contributed by atoms with E-state index >= 15 is 0 Å². The van der Waals surface area contributed by atoms with E-state index < -0.39 is 0 Å². The molecule has 0 saturated carbocycles. The van der Waals surface area contributed by atoms with Gasteiger partial charge in [0.25, 0.3) is 0 Å². The molecule has 0 N–H and O–H groups in total. The molecule has 1 heterocycles. The Hall–Kier alpha value is -5.66. The first-order valence-electron chi connectivity index (χ1n) is 16.1. The van der Waals surface area contributed by atoms with Crippen molar-refractivity contribution in [1.29, 1.82) is 0 Å². The third-order valence-electron chi connectivity index (χ3n) is 10.4. The van der Waals surface area contributed by atoms with Crippen molar-refractivity contribution in [2.45, 2.75) is 19.3 Å². The van der Waals surface area contributed by atoms with Gasteiger partial charge in [-0.25, -0.2) is 0 Å². The number of fused-ring (bicyclic) bond motifs is 12. The van der Waals surface area contributed by atoms with Crippen LogP contribution in [0, 0.1) is 0 Å². The Kier molecular flexibility index (Phi) is 5.12. The predicted octanol–water partition coefficient (Wildman–Crippen LogP) is 12.7. The van der Waals surface area contributed by atoms with Crippen LogP contribution in [0.1, 0.15) is 25.0 Å². The molecule has 0 radical (unpaired) electrons. The molecule has 0 amide bonds. The summed E-state index contributed by atoms with van der Waals surface area (Å²) in [6.07, 6.45) is 0. The fourth-order valence-corrected chi connectivity index (χ4v) is 8.49. The molecule has 216 valence electrons. The lowest BCUT2D eigenvalue weighted by Gasteiger charge is -2.23. The van der Waals surface area contributed by atoms with Crippen LogP contribution in [0.4, 0.5) is 0 Å². The van der Waals surface area contributed by atoms with E-state index in [1.165, 1.54) is 87.6 Å². The zero-order valence-electron chi connectivity index (χ0n) is 25.8. The Balaban J connectivity index is 1.33. The summed E-state index contributed by atoms with van der Waals surface area (Å²) >= 11 is 0. The molecule has 1 nitrogen and oxygen atoms in total. The van der Waals surface area contributed by atoms with Crippen LogP contribution in [-0.2, 0) is 5.41 Å². The van der Waals surface area contributed by atoms with E-state index in [0.717, 1.165) is 11.2 Å². The minimum absolute atomic E-state index is 0.195. The first-order chi connectivity index (χ1) is 22.6. The van der Waals surface area contributed by atoms with Gasteiger partial charge in [-0.15, -0.1) is 0 Å². The van der Waals surface area contributed by atoms with Crippen molar-refractivity contribution in [2.75, 3.05) is 0 Å². The van der Waals surface area contributed by atoms with Crippen LogP contribution in [0.25, 0.3) is 87.6 Å². The second-order valence-corrected chi connectivity index (χ2v) is 13.2. The van der Waals surface area contributed by atoms with Crippen molar-refractivity contribution >= 4 is 54.3 Å². The molecule has 0 saturated heterocycles. The molecular formula is C45H30O. The van der Waals surface area contributed by atoms with E-state index in [1.54, 1.807) is 0 Å². The molecule has 0 fully saturated rings. The van der Waals surface area contributed by atoms with Crippen LogP contribution in [0.5, 0.6) is 0 Å². The maximum Gasteiger partial charge on any atom is 0.143 e. The summed E-state index contributed by atoms with van der Waals surface area (Å²) < 4.78 is 6.62. The highest BCUT2D eigenvalue weighted by atomic mass is 16.3. The fraction of sp³-hybridized carbons (Fsp3) is 0.0667. The van der Waals surface area contributed by atoms with Crippen molar-refractivity contribution < 1.29 is 4.42 Å². The molecule has 1 aromatic heterocycles. The summed E-state index contributed by atoms with van der Waals surface area (Å²) in [5.41, 5.74) is 12.2. The summed E-state index contributed by atoms with van der Waals surface area (Å²) in [6.45, 7) is 4.76. The van der Waals surface area contributed by atoms with Crippen LogP contribution in [0.3, 0.4) is 0 Å². The Labute approximate surface area is 267 Å². The number of benzene rings is 8. The van der Waals surface area contributed by atoms with Crippen LogP contribution in [0.15, 0.2) is 150 Å². The molecule has 1 aliphatic carbocycles. The van der Waals surface area contributed by atoms with Gasteiger partial charge in [0.2, 0.25) is 0 Å². The van der Waals surface area contributed by atoms with E-state index in [2.05, 4.69) is 159 Å². The number of furan rings is 1. The van der Waals surface area contributed by atoms with Crippen LogP contribution in [0.2, 0.25) is 0 Å². The first-order valence-corrected chi connectivity index (χ1v) is 16.1. The van der Waals surface area contributed by atoms with Gasteiger partial charge in [-0.3, -0.25) is 0 Å². The van der Waals surface area contributed by atoms with E-state index in [4.69, 9.17) is 4.42 Å². The highest BCUT2D eigenvalue weighted by Crippen LogP contribution is 2.57. The van der Waals surface area contributed by atoms with E-state index in [0.29, 0.717) is 0 Å². The van der Waals surface area contributed by atoms with Gasteiger partial charge >= 0.3 is 0 Å². The summed E-state index contributed by atoms with van der Waals surface area (Å²) in [5.74, 6) is 0. The average molecular weight is 587 g/mol. The monoisotopic (exact) mass is 586 g/mol. The van der Waals surface area contributed by atoms with Gasteiger partial charge in [0, 0.05) is 21.6 Å². The zero-order chi connectivity index (χ0) is 30.6. The smallest absolute Gasteiger partial charge is 0.143 e. The van der Waals surface area contributed by atoms with Gasteiger partial charge in [0.15, 0.2) is 0 Å². The van der Waals surface area contributed by atoms with Crippen molar-refractivity contribution in [3.8, 4) is 33.4 Å². The van der Waals surface area contributed by atoms with Gasteiger partial charge in [-0.05, 0) is 83.6 Å². The maximum absolute atomic E-state index is 6.62. The molecule has 0 bridgehead atoms. The second kappa shape index (κ2) is 9.19. The molecule has 0 spiro atoms. The number of para-hydroxylation sites is 1. The maximum atomic E-state index is 6.62. The summed E-state index contributed by atoms with van der Waals surface area (Å²) in [7, 11) is 0. The lowest BCUT2D eigenvalue weighted by molar-refractivity contribution is 0.659. The molecular weight excluding hydrogens is 556 g/mol. The average Bonchev–Trinajstić information content (AvgIpc) is 3.60. The standard InChI is InChI=1S/C45H30O/c1-45(2)37-25-24-28(40-31-18-8-6-16-29(31)39(27-14-4-3-5-15-27)30-17-7-9-19-32(30)40)26-36(37)41-33-20-10-11-21-34(33)44-42(43(41)45)35-22-12-13-23-38(35)46-44/h3-26H,1-2H3. The number of hydrogen-bond acceptors (Lipinski definition) is 1. The Morgan fingerprint density at radius 3 is 1.57 bits per heavy atom. The first kappa shape index (κ1) is 25.6. The predicted molar refractivity (Wildman–Crippen MR) is 195 cm³/mol. The molecule has 1 aliphatic rings.